The van der Waals surface area contributed by atoms with Gasteiger partial charge in [-0.3, -0.25) is 0 Å². The Labute approximate surface area is 129 Å². The molecule has 1 aromatic rings. The van der Waals surface area contributed by atoms with E-state index in [1.165, 1.54) is 13.8 Å². The van der Waals surface area contributed by atoms with Crippen LogP contribution in [0.1, 0.15) is 30.9 Å². The maximum absolute atomic E-state index is 13.7. The molecule has 1 aliphatic heterocycles. The van der Waals surface area contributed by atoms with Crippen LogP contribution in [0.3, 0.4) is 0 Å². The second-order valence-corrected chi connectivity index (χ2v) is 5.87. The smallest absolute Gasteiger partial charge is 0.417 e. The molecule has 0 unspecified atom stereocenters. The first-order chi connectivity index (χ1) is 10.4. The second kappa shape index (κ2) is 5.43. The Balaban J connectivity index is 2.60. The Bertz CT molecular complexity index is 643. The minimum Gasteiger partial charge on any atom is -0.479 e. The van der Waals surface area contributed by atoms with E-state index in [2.05, 4.69) is 0 Å². The maximum Gasteiger partial charge on any atom is 0.417 e. The largest absolute Gasteiger partial charge is 0.479 e. The predicted molar refractivity (Wildman–Crippen MR) is 70.0 cm³/mol. The van der Waals surface area contributed by atoms with Gasteiger partial charge in [-0.2, -0.15) is 13.2 Å². The van der Waals surface area contributed by atoms with Gasteiger partial charge in [-0.15, -0.1) is 0 Å². The Morgan fingerprint density at radius 2 is 1.87 bits per heavy atom. The molecular weight excluding hydrogens is 323 g/mol. The van der Waals surface area contributed by atoms with Crippen molar-refractivity contribution in [1.82, 2.24) is 0 Å². The van der Waals surface area contributed by atoms with Crippen molar-refractivity contribution in [1.29, 1.82) is 0 Å². The van der Waals surface area contributed by atoms with Crippen LogP contribution in [0.2, 0.25) is 0 Å². The molecule has 0 bridgehead atoms. The third-order valence-electron chi connectivity index (χ3n) is 4.65. The van der Waals surface area contributed by atoms with Gasteiger partial charge in [0.15, 0.2) is 23.3 Å². The normalized spacial score (nSPS) is 31.4. The lowest BCUT2D eigenvalue weighted by molar-refractivity contribution is -0.273. The van der Waals surface area contributed by atoms with Crippen LogP contribution in [0.15, 0.2) is 12.1 Å². The summed E-state index contributed by atoms with van der Waals surface area (Å²) in [7, 11) is 0. The molecule has 0 aromatic heterocycles. The topological polar surface area (TPSA) is 46.5 Å². The summed E-state index contributed by atoms with van der Waals surface area (Å²) in [5.74, 6) is -6.50. The van der Waals surface area contributed by atoms with Crippen LogP contribution in [0.25, 0.3) is 0 Å². The molecule has 0 aliphatic carbocycles. The number of aliphatic carboxylic acids is 1. The van der Waals surface area contributed by atoms with E-state index in [-0.39, 0.29) is 11.1 Å². The van der Waals surface area contributed by atoms with Gasteiger partial charge in [0.25, 0.3) is 0 Å². The average molecular weight is 338 g/mol. The van der Waals surface area contributed by atoms with E-state index in [0.717, 1.165) is 19.1 Å². The molecular formula is C15H15F5O3. The number of ether oxygens (including phenoxy) is 1. The monoisotopic (exact) mass is 338 g/mol. The Morgan fingerprint density at radius 3 is 2.35 bits per heavy atom. The molecule has 2 rings (SSSR count). The number of carboxylic acid groups (broad SMARTS) is 1. The van der Waals surface area contributed by atoms with Crippen LogP contribution in [-0.2, 0) is 9.53 Å². The van der Waals surface area contributed by atoms with Crippen LogP contribution >= 0.6 is 0 Å². The van der Waals surface area contributed by atoms with Crippen molar-refractivity contribution in [2.45, 2.75) is 44.6 Å². The zero-order valence-corrected chi connectivity index (χ0v) is 12.5. The van der Waals surface area contributed by atoms with Gasteiger partial charge in [-0.25, -0.2) is 13.6 Å². The van der Waals surface area contributed by atoms with Gasteiger partial charge in [-0.05, 0) is 31.0 Å². The second-order valence-electron chi connectivity index (χ2n) is 5.87. The summed E-state index contributed by atoms with van der Waals surface area (Å²) in [4.78, 5) is 11.3. The van der Waals surface area contributed by atoms with Crippen molar-refractivity contribution in [3.05, 3.63) is 34.9 Å². The van der Waals surface area contributed by atoms with Gasteiger partial charge in [-0.1, -0.05) is 13.0 Å². The number of benzene rings is 1. The summed E-state index contributed by atoms with van der Waals surface area (Å²) in [6.45, 7) is 3.16. The number of rotatable bonds is 2. The highest BCUT2D eigenvalue weighted by atomic mass is 19.4. The number of hydrogen-bond donors (Lipinski definition) is 1. The van der Waals surface area contributed by atoms with Crippen LogP contribution in [0, 0.1) is 24.5 Å². The molecule has 128 valence electrons. The fraction of sp³-hybridized carbons (Fsp3) is 0.533. The van der Waals surface area contributed by atoms with E-state index >= 15 is 0 Å². The molecule has 8 heteroatoms. The first-order valence-electron chi connectivity index (χ1n) is 6.83. The molecule has 1 saturated heterocycles. The standard InChI is InChI=1S/C15H15F5O3/c1-6-8(4-5-9(16)11(6)17)10-7(2)14(3,15(18,19)20)23-12(10)13(21)22/h4-5,7,10,12H,1-3H3,(H,21,22)/t7-,10+,12-,14+/m0/s1. The summed E-state index contributed by atoms with van der Waals surface area (Å²) in [5, 5.41) is 9.22. The molecule has 1 aliphatic rings. The highest BCUT2D eigenvalue weighted by molar-refractivity contribution is 5.75. The Hall–Kier alpha value is -1.70. The van der Waals surface area contributed by atoms with Crippen LogP contribution in [-0.4, -0.2) is 29.0 Å². The maximum atomic E-state index is 13.7. The van der Waals surface area contributed by atoms with Crippen molar-refractivity contribution in [2.24, 2.45) is 5.92 Å². The van der Waals surface area contributed by atoms with Crippen LogP contribution < -0.4 is 0 Å². The molecule has 23 heavy (non-hydrogen) atoms. The lowest BCUT2D eigenvalue weighted by atomic mass is 9.76. The molecule has 4 atom stereocenters. The fourth-order valence-corrected chi connectivity index (χ4v) is 3.04. The summed E-state index contributed by atoms with van der Waals surface area (Å²) in [6, 6.07) is 1.88. The first kappa shape index (κ1) is 17.7. The van der Waals surface area contributed by atoms with Crippen LogP contribution in [0.4, 0.5) is 22.0 Å². The van der Waals surface area contributed by atoms with E-state index in [1.807, 2.05) is 0 Å². The molecule has 1 fully saturated rings. The predicted octanol–water partition coefficient (Wildman–Crippen LogP) is 3.80. The highest BCUT2D eigenvalue weighted by Gasteiger charge is 2.65. The van der Waals surface area contributed by atoms with Gasteiger partial charge in [0.1, 0.15) is 0 Å². The van der Waals surface area contributed by atoms with E-state index in [9.17, 15) is 31.9 Å². The molecule has 1 heterocycles. The van der Waals surface area contributed by atoms with E-state index in [1.54, 1.807) is 0 Å². The quantitative estimate of drug-likeness (QED) is 0.835. The Kier molecular flexibility index (Phi) is 4.17. The van der Waals surface area contributed by atoms with Crippen molar-refractivity contribution >= 4 is 5.97 Å². The molecule has 1 aromatic carbocycles. The summed E-state index contributed by atoms with van der Waals surface area (Å²) < 4.78 is 71.8. The van der Waals surface area contributed by atoms with E-state index in [0.29, 0.717) is 0 Å². The minimum absolute atomic E-state index is 0.00299. The molecule has 0 spiro atoms. The van der Waals surface area contributed by atoms with Gasteiger partial charge < -0.3 is 9.84 Å². The number of halogens is 5. The zero-order chi connectivity index (χ0) is 17.7. The minimum atomic E-state index is -4.80. The number of carbonyl (C=O) groups is 1. The number of hydrogen-bond acceptors (Lipinski definition) is 2. The molecule has 0 radical (unpaired) electrons. The fourth-order valence-electron chi connectivity index (χ4n) is 3.04. The van der Waals surface area contributed by atoms with Gasteiger partial charge >= 0.3 is 12.1 Å². The molecule has 0 saturated carbocycles. The lowest BCUT2D eigenvalue weighted by Crippen LogP contribution is -2.47. The van der Waals surface area contributed by atoms with Crippen molar-refractivity contribution in [2.75, 3.05) is 0 Å². The van der Waals surface area contributed by atoms with Crippen molar-refractivity contribution in [3.63, 3.8) is 0 Å². The first-order valence-corrected chi connectivity index (χ1v) is 6.83. The summed E-state index contributed by atoms with van der Waals surface area (Å²) >= 11 is 0. The van der Waals surface area contributed by atoms with Crippen LogP contribution in [0.5, 0.6) is 0 Å². The molecule has 0 amide bonds. The van der Waals surface area contributed by atoms with Crippen molar-refractivity contribution < 1.29 is 36.6 Å². The lowest BCUT2D eigenvalue weighted by Gasteiger charge is -2.32. The third kappa shape index (κ3) is 2.58. The van der Waals surface area contributed by atoms with Gasteiger partial charge in [0.05, 0.1) is 0 Å². The average Bonchev–Trinajstić information content (AvgIpc) is 2.71. The third-order valence-corrected chi connectivity index (χ3v) is 4.65. The molecule has 1 N–H and O–H groups in total. The number of alkyl halides is 3. The zero-order valence-electron chi connectivity index (χ0n) is 12.5. The summed E-state index contributed by atoms with van der Waals surface area (Å²) in [6.07, 6.45) is -6.61. The van der Waals surface area contributed by atoms with Gasteiger partial charge in [0.2, 0.25) is 0 Å². The van der Waals surface area contributed by atoms with E-state index in [4.69, 9.17) is 4.74 Å². The SMILES string of the molecule is Cc1c([C@@H]2[C@@H](C(=O)O)O[C@@](C)(C(F)(F)F)[C@H]2C)ccc(F)c1F. The number of carboxylic acids is 1. The van der Waals surface area contributed by atoms with Crippen molar-refractivity contribution in [3.8, 4) is 0 Å². The van der Waals surface area contributed by atoms with E-state index < -0.39 is 47.3 Å². The Morgan fingerprint density at radius 1 is 1.30 bits per heavy atom. The highest BCUT2D eigenvalue weighted by Crippen LogP contribution is 2.53. The molecule has 3 nitrogen and oxygen atoms in total. The summed E-state index contributed by atoms with van der Waals surface area (Å²) in [5.41, 5.74) is -2.92. The van der Waals surface area contributed by atoms with Gasteiger partial charge in [0, 0.05) is 11.8 Å².